The Morgan fingerprint density at radius 3 is 3.04 bits per heavy atom. The Labute approximate surface area is 139 Å². The summed E-state index contributed by atoms with van der Waals surface area (Å²) in [5.74, 6) is 1.36. The highest BCUT2D eigenvalue weighted by molar-refractivity contribution is 7.13. The highest BCUT2D eigenvalue weighted by Crippen LogP contribution is 2.33. The quantitative estimate of drug-likeness (QED) is 0.727. The summed E-state index contributed by atoms with van der Waals surface area (Å²) in [7, 11) is 0. The second-order valence-corrected chi connectivity index (χ2v) is 6.71. The third-order valence-electron chi connectivity index (χ3n) is 4.18. The van der Waals surface area contributed by atoms with Gasteiger partial charge in [0.2, 0.25) is 5.89 Å². The van der Waals surface area contributed by atoms with E-state index in [-0.39, 0.29) is 6.04 Å². The van der Waals surface area contributed by atoms with E-state index in [0.29, 0.717) is 5.89 Å². The minimum atomic E-state index is 0.199. The summed E-state index contributed by atoms with van der Waals surface area (Å²) in [6, 6.07) is 8.31. The maximum absolute atomic E-state index is 5.97. The summed E-state index contributed by atoms with van der Waals surface area (Å²) in [4.78, 5) is 7.66. The zero-order chi connectivity index (χ0) is 15.5. The first kappa shape index (κ1) is 14.5. The van der Waals surface area contributed by atoms with Crippen molar-refractivity contribution in [3.8, 4) is 10.8 Å². The molecule has 1 aliphatic heterocycles. The van der Waals surface area contributed by atoms with Gasteiger partial charge in [0, 0.05) is 18.9 Å². The topological polar surface area (TPSA) is 55.1 Å². The Hall–Kier alpha value is -2.05. The van der Waals surface area contributed by atoms with E-state index in [1.54, 1.807) is 11.3 Å². The minimum absolute atomic E-state index is 0.199. The van der Waals surface area contributed by atoms with E-state index in [1.165, 1.54) is 18.4 Å². The molecule has 0 amide bonds. The molecule has 3 aromatic rings. The van der Waals surface area contributed by atoms with Crippen molar-refractivity contribution in [2.75, 3.05) is 6.54 Å². The first-order valence-corrected chi connectivity index (χ1v) is 8.78. The van der Waals surface area contributed by atoms with Crippen molar-refractivity contribution >= 4 is 11.3 Å². The average molecular weight is 326 g/mol. The Kier molecular flexibility index (Phi) is 4.17. The fourth-order valence-electron chi connectivity index (χ4n) is 3.06. The fraction of sp³-hybridized carbons (Fsp3) is 0.353. The predicted molar refractivity (Wildman–Crippen MR) is 88.9 cm³/mol. The zero-order valence-corrected chi connectivity index (χ0v) is 13.6. The summed E-state index contributed by atoms with van der Waals surface area (Å²) < 4.78 is 5.97. The van der Waals surface area contributed by atoms with Gasteiger partial charge in [-0.05, 0) is 42.5 Å². The van der Waals surface area contributed by atoms with Crippen molar-refractivity contribution in [3.63, 3.8) is 0 Å². The molecule has 4 heterocycles. The molecule has 0 unspecified atom stereocenters. The molecular formula is C17H18N4OS. The summed E-state index contributed by atoms with van der Waals surface area (Å²) in [6.45, 7) is 1.92. The van der Waals surface area contributed by atoms with Crippen LogP contribution in [0.1, 0.15) is 36.8 Å². The Balaban J connectivity index is 1.55. The van der Waals surface area contributed by atoms with Gasteiger partial charge in [0.1, 0.15) is 0 Å². The van der Waals surface area contributed by atoms with Gasteiger partial charge < -0.3 is 4.42 Å². The number of hydrogen-bond donors (Lipinski definition) is 0. The van der Waals surface area contributed by atoms with Crippen LogP contribution in [0.25, 0.3) is 10.8 Å². The second-order valence-electron chi connectivity index (χ2n) is 5.77. The summed E-state index contributed by atoms with van der Waals surface area (Å²) in [6.07, 6.45) is 7.21. The molecular weight excluding hydrogens is 308 g/mol. The van der Waals surface area contributed by atoms with Gasteiger partial charge in [-0.2, -0.15) is 0 Å². The zero-order valence-electron chi connectivity index (χ0n) is 12.8. The summed E-state index contributed by atoms with van der Waals surface area (Å²) >= 11 is 1.62. The number of nitrogens with zero attached hydrogens (tertiary/aromatic N) is 4. The standard InChI is InChI=1S/C17H18N4OS/c1-2-9-21(12-13-5-3-8-18-11-13)14(6-1)16-19-20-17(22-16)15-7-4-10-23-15/h3-5,7-8,10-11,14H,1-2,6,9,12H2/t14-/m0/s1. The number of likely N-dealkylation sites (tertiary alicyclic amines) is 1. The number of rotatable bonds is 4. The van der Waals surface area contributed by atoms with Crippen LogP contribution in [0.2, 0.25) is 0 Å². The van der Waals surface area contributed by atoms with Crippen LogP contribution in [0.4, 0.5) is 0 Å². The van der Waals surface area contributed by atoms with Crippen LogP contribution in [-0.4, -0.2) is 26.6 Å². The number of aromatic nitrogens is 3. The van der Waals surface area contributed by atoms with Gasteiger partial charge >= 0.3 is 0 Å². The van der Waals surface area contributed by atoms with E-state index in [0.717, 1.165) is 30.3 Å². The molecule has 1 atom stereocenters. The molecule has 4 rings (SSSR count). The van der Waals surface area contributed by atoms with Crippen molar-refractivity contribution in [1.82, 2.24) is 20.1 Å². The molecule has 0 bridgehead atoms. The minimum Gasteiger partial charge on any atom is -0.418 e. The predicted octanol–water partition coefficient (Wildman–Crippen LogP) is 3.92. The lowest BCUT2D eigenvalue weighted by atomic mass is 10.0. The lowest BCUT2D eigenvalue weighted by Gasteiger charge is -2.33. The smallest absolute Gasteiger partial charge is 0.257 e. The van der Waals surface area contributed by atoms with Gasteiger partial charge in [-0.3, -0.25) is 9.88 Å². The molecule has 6 heteroatoms. The fourth-order valence-corrected chi connectivity index (χ4v) is 3.70. The highest BCUT2D eigenvalue weighted by atomic mass is 32.1. The molecule has 0 N–H and O–H groups in total. The second kappa shape index (κ2) is 6.60. The third kappa shape index (κ3) is 3.18. The third-order valence-corrected chi connectivity index (χ3v) is 5.04. The first-order valence-electron chi connectivity index (χ1n) is 7.90. The van der Waals surface area contributed by atoms with Crippen molar-refractivity contribution in [3.05, 3.63) is 53.5 Å². The molecule has 5 nitrogen and oxygen atoms in total. The van der Waals surface area contributed by atoms with Crippen molar-refractivity contribution in [1.29, 1.82) is 0 Å². The van der Waals surface area contributed by atoms with Gasteiger partial charge in [-0.25, -0.2) is 0 Å². The Morgan fingerprint density at radius 2 is 2.22 bits per heavy atom. The van der Waals surface area contributed by atoms with Gasteiger partial charge in [0.05, 0.1) is 10.9 Å². The maximum atomic E-state index is 5.97. The van der Waals surface area contributed by atoms with Crippen molar-refractivity contribution < 1.29 is 4.42 Å². The van der Waals surface area contributed by atoms with Crippen LogP contribution in [0.5, 0.6) is 0 Å². The lowest BCUT2D eigenvalue weighted by Crippen LogP contribution is -2.33. The molecule has 0 radical (unpaired) electrons. The Bertz CT molecular complexity index is 741. The van der Waals surface area contributed by atoms with Crippen LogP contribution >= 0.6 is 11.3 Å². The number of thiophene rings is 1. The molecule has 1 aliphatic rings. The highest BCUT2D eigenvalue weighted by Gasteiger charge is 2.28. The van der Waals surface area contributed by atoms with Gasteiger partial charge in [-0.1, -0.05) is 18.6 Å². The SMILES string of the molecule is c1cncc(CN2CCCC[C@H]2c2nnc(-c3cccs3)o2)c1. The summed E-state index contributed by atoms with van der Waals surface area (Å²) in [5, 5.41) is 10.6. The molecule has 3 aromatic heterocycles. The number of pyridine rings is 1. The molecule has 0 spiro atoms. The molecule has 0 saturated carbocycles. The van der Waals surface area contributed by atoms with E-state index >= 15 is 0 Å². The molecule has 23 heavy (non-hydrogen) atoms. The maximum Gasteiger partial charge on any atom is 0.257 e. The van der Waals surface area contributed by atoms with E-state index in [4.69, 9.17) is 4.42 Å². The van der Waals surface area contributed by atoms with Crippen molar-refractivity contribution in [2.24, 2.45) is 0 Å². The van der Waals surface area contributed by atoms with E-state index < -0.39 is 0 Å². The summed E-state index contributed by atoms with van der Waals surface area (Å²) in [5.41, 5.74) is 1.22. The Morgan fingerprint density at radius 1 is 1.22 bits per heavy atom. The number of piperidine rings is 1. The van der Waals surface area contributed by atoms with E-state index in [9.17, 15) is 0 Å². The van der Waals surface area contributed by atoms with Crippen molar-refractivity contribution in [2.45, 2.75) is 31.8 Å². The van der Waals surface area contributed by atoms with Gasteiger partial charge in [0.15, 0.2) is 0 Å². The van der Waals surface area contributed by atoms with Crippen LogP contribution < -0.4 is 0 Å². The molecule has 0 aromatic carbocycles. The van der Waals surface area contributed by atoms with Gasteiger partial charge in [-0.15, -0.1) is 21.5 Å². The normalized spacial score (nSPS) is 19.0. The molecule has 1 saturated heterocycles. The average Bonchev–Trinajstić information content (AvgIpc) is 3.28. The van der Waals surface area contributed by atoms with E-state index in [2.05, 4.69) is 26.1 Å². The lowest BCUT2D eigenvalue weighted by molar-refractivity contribution is 0.118. The van der Waals surface area contributed by atoms with Crippen LogP contribution in [0.15, 0.2) is 46.5 Å². The first-order chi connectivity index (χ1) is 11.4. The van der Waals surface area contributed by atoms with Crippen LogP contribution in [0.3, 0.4) is 0 Å². The molecule has 1 fully saturated rings. The number of hydrogen-bond acceptors (Lipinski definition) is 6. The van der Waals surface area contributed by atoms with E-state index in [1.807, 2.05) is 36.0 Å². The molecule has 118 valence electrons. The largest absolute Gasteiger partial charge is 0.418 e. The van der Waals surface area contributed by atoms with Gasteiger partial charge in [0.25, 0.3) is 5.89 Å². The van der Waals surface area contributed by atoms with Crippen LogP contribution in [-0.2, 0) is 6.54 Å². The molecule has 0 aliphatic carbocycles. The monoisotopic (exact) mass is 326 g/mol. The van der Waals surface area contributed by atoms with Crippen LogP contribution in [0, 0.1) is 0 Å².